The summed E-state index contributed by atoms with van der Waals surface area (Å²) in [7, 11) is 0. The summed E-state index contributed by atoms with van der Waals surface area (Å²) in [5.41, 5.74) is 0. The van der Waals surface area contributed by atoms with Gasteiger partial charge in [-0.1, -0.05) is 0 Å². The summed E-state index contributed by atoms with van der Waals surface area (Å²) >= 11 is -0.988. The van der Waals surface area contributed by atoms with Crippen molar-refractivity contribution in [1.29, 1.82) is 0 Å². The van der Waals surface area contributed by atoms with E-state index in [4.69, 9.17) is 0 Å². The van der Waals surface area contributed by atoms with E-state index >= 15 is 0 Å². The van der Waals surface area contributed by atoms with Crippen LogP contribution in [0.15, 0.2) is 0 Å². The first kappa shape index (κ1) is 14.8. The van der Waals surface area contributed by atoms with Gasteiger partial charge in [-0.05, 0) is 0 Å². The van der Waals surface area contributed by atoms with E-state index in [0.29, 0.717) is 0 Å². The molecule has 1 nitrogen and oxygen atoms in total. The van der Waals surface area contributed by atoms with Gasteiger partial charge < -0.3 is 0 Å². The van der Waals surface area contributed by atoms with Gasteiger partial charge >= 0.3 is 99.0 Å². The first-order valence-electron chi connectivity index (χ1n) is 6.50. The minimum absolute atomic E-state index is 0.988. The fourth-order valence-corrected chi connectivity index (χ4v) is 9.76. The molecule has 0 rings (SSSR count). The Bertz CT molecular complexity index is 113. The van der Waals surface area contributed by atoms with Crippen LogP contribution in [0, 0.1) is 0 Å². The summed E-state index contributed by atoms with van der Waals surface area (Å²) in [5, 5.41) is 0. The summed E-state index contributed by atoms with van der Waals surface area (Å²) in [6.45, 7) is 13.1. The molecule has 2 heteroatoms. The average molecular weight is 301 g/mol. The van der Waals surface area contributed by atoms with Crippen LogP contribution >= 0.6 is 0 Å². The Morgan fingerprint density at radius 1 is 0.929 bits per heavy atom. The molecular formula is C12H28InN. The second-order valence-electron chi connectivity index (χ2n) is 4.23. The Kier molecular flexibility index (Phi) is 11.0. The van der Waals surface area contributed by atoms with Crippen molar-refractivity contribution in [1.82, 2.24) is 4.90 Å². The molecule has 0 amide bonds. The summed E-state index contributed by atoms with van der Waals surface area (Å²) < 4.78 is 4.85. The SMILES string of the molecule is CC[CH2][In]([CH2]C)[CH2]CCN(CC)CC. The van der Waals surface area contributed by atoms with Crippen molar-refractivity contribution >= 4 is 21.4 Å². The second-order valence-corrected chi connectivity index (χ2v) is 14.8. The van der Waals surface area contributed by atoms with Gasteiger partial charge in [-0.15, -0.1) is 0 Å². The van der Waals surface area contributed by atoms with Crippen molar-refractivity contribution in [3.8, 4) is 0 Å². The molecule has 0 bridgehead atoms. The van der Waals surface area contributed by atoms with Gasteiger partial charge in [0.1, 0.15) is 0 Å². The normalized spacial score (nSPS) is 10.9. The molecule has 0 N–H and O–H groups in total. The van der Waals surface area contributed by atoms with E-state index in [1.54, 1.807) is 12.5 Å². The van der Waals surface area contributed by atoms with E-state index in [0.717, 1.165) is 0 Å². The molecule has 0 saturated heterocycles. The second kappa shape index (κ2) is 10.4. The molecule has 0 saturated carbocycles. The third-order valence-electron chi connectivity index (χ3n) is 3.26. The van der Waals surface area contributed by atoms with Gasteiger partial charge in [0.25, 0.3) is 0 Å². The van der Waals surface area contributed by atoms with Crippen molar-refractivity contribution in [3.63, 3.8) is 0 Å². The summed E-state index contributed by atoms with van der Waals surface area (Å²) in [5.74, 6) is 0. The van der Waals surface area contributed by atoms with Crippen LogP contribution in [-0.2, 0) is 0 Å². The molecule has 0 atom stereocenters. The minimum atomic E-state index is -0.988. The molecule has 0 aliphatic carbocycles. The van der Waals surface area contributed by atoms with E-state index in [2.05, 4.69) is 32.6 Å². The van der Waals surface area contributed by atoms with Gasteiger partial charge in [-0.3, -0.25) is 0 Å². The Labute approximate surface area is 98.8 Å². The molecule has 0 aliphatic rings. The van der Waals surface area contributed by atoms with Crippen LogP contribution in [-0.4, -0.2) is 46.0 Å². The van der Waals surface area contributed by atoms with Crippen LogP contribution in [0.2, 0.25) is 12.5 Å². The monoisotopic (exact) mass is 301 g/mol. The number of hydrogen-bond donors (Lipinski definition) is 0. The summed E-state index contributed by atoms with van der Waals surface area (Å²) in [6, 6.07) is 0. The standard InChI is InChI=1S/C7H16N.C3H7.C2H5.In/c1-4-7-8(5-2)6-3;1-3-2;1-2;/h1,4-7H2,2-3H3;1,3H2,2H3;1H2,2H3;. The zero-order chi connectivity index (χ0) is 10.8. The van der Waals surface area contributed by atoms with Gasteiger partial charge in [-0.2, -0.15) is 0 Å². The predicted molar refractivity (Wildman–Crippen MR) is 68.5 cm³/mol. The van der Waals surface area contributed by atoms with E-state index in [9.17, 15) is 0 Å². The van der Waals surface area contributed by atoms with Crippen LogP contribution in [0.1, 0.15) is 40.5 Å². The van der Waals surface area contributed by atoms with Gasteiger partial charge in [0, 0.05) is 0 Å². The zero-order valence-corrected chi connectivity index (χ0v) is 14.0. The Hall–Kier alpha value is 0.830. The molecule has 0 fully saturated rings. The molecule has 0 spiro atoms. The first-order chi connectivity index (χ1) is 6.78. The van der Waals surface area contributed by atoms with Crippen molar-refractivity contribution < 1.29 is 0 Å². The van der Waals surface area contributed by atoms with Gasteiger partial charge in [-0.25, -0.2) is 0 Å². The fourth-order valence-electron chi connectivity index (χ4n) is 2.10. The van der Waals surface area contributed by atoms with Gasteiger partial charge in [0.15, 0.2) is 0 Å². The fraction of sp³-hybridized carbons (Fsp3) is 1.00. The first-order valence-corrected chi connectivity index (χ1v) is 13.5. The number of nitrogens with zero attached hydrogens (tertiary/aromatic N) is 1. The van der Waals surface area contributed by atoms with Crippen molar-refractivity contribution in [3.05, 3.63) is 0 Å². The molecule has 0 aromatic rings. The topological polar surface area (TPSA) is 3.24 Å². The molecule has 0 radical (unpaired) electrons. The Morgan fingerprint density at radius 3 is 2.00 bits per heavy atom. The van der Waals surface area contributed by atoms with Crippen molar-refractivity contribution in [2.24, 2.45) is 0 Å². The molecular weight excluding hydrogens is 273 g/mol. The molecule has 0 aromatic heterocycles. The number of rotatable bonds is 9. The quantitative estimate of drug-likeness (QED) is 0.628. The average Bonchev–Trinajstić information content (AvgIpc) is 2.23. The zero-order valence-electron chi connectivity index (χ0n) is 10.7. The molecule has 84 valence electrons. The van der Waals surface area contributed by atoms with Crippen LogP contribution < -0.4 is 0 Å². The molecule has 0 aromatic carbocycles. The third kappa shape index (κ3) is 7.17. The Balaban J connectivity index is 3.48. The predicted octanol–water partition coefficient (Wildman–Crippen LogP) is 3.64. The molecule has 0 unspecified atom stereocenters. The summed E-state index contributed by atoms with van der Waals surface area (Å²) in [6.07, 6.45) is 2.93. The van der Waals surface area contributed by atoms with Crippen LogP contribution in [0.4, 0.5) is 0 Å². The molecule has 14 heavy (non-hydrogen) atoms. The van der Waals surface area contributed by atoms with E-state index in [-0.39, 0.29) is 0 Å². The van der Waals surface area contributed by atoms with Crippen LogP contribution in [0.25, 0.3) is 0 Å². The van der Waals surface area contributed by atoms with Crippen LogP contribution in [0.5, 0.6) is 0 Å². The van der Waals surface area contributed by atoms with E-state index < -0.39 is 21.4 Å². The maximum atomic E-state index is 2.56. The summed E-state index contributed by atoms with van der Waals surface area (Å²) in [4.78, 5) is 2.56. The molecule has 0 heterocycles. The van der Waals surface area contributed by atoms with E-state index in [1.165, 1.54) is 32.5 Å². The Morgan fingerprint density at radius 2 is 1.57 bits per heavy atom. The van der Waals surface area contributed by atoms with Gasteiger partial charge in [0.2, 0.25) is 0 Å². The third-order valence-corrected chi connectivity index (χ3v) is 14.0. The van der Waals surface area contributed by atoms with E-state index in [1.807, 2.05) is 0 Å². The van der Waals surface area contributed by atoms with Crippen molar-refractivity contribution in [2.75, 3.05) is 19.6 Å². The van der Waals surface area contributed by atoms with Crippen molar-refractivity contribution in [2.45, 2.75) is 53.1 Å². The maximum absolute atomic E-state index is 2.56. The van der Waals surface area contributed by atoms with Gasteiger partial charge in [0.05, 0.1) is 0 Å². The molecule has 0 aliphatic heterocycles. The number of hydrogen-bond acceptors (Lipinski definition) is 1. The van der Waals surface area contributed by atoms with Crippen LogP contribution in [0.3, 0.4) is 0 Å².